The molecular formula is C14H20ClN3. The minimum atomic E-state index is 0. The third kappa shape index (κ3) is 4.66. The maximum absolute atomic E-state index is 8.70. The molecular weight excluding hydrogens is 246 g/mol. The molecule has 1 fully saturated rings. The molecule has 1 atom stereocenters. The normalized spacial score (nSPS) is 18.7. The molecule has 1 aliphatic rings. The Kier molecular flexibility index (Phi) is 6.74. The Labute approximate surface area is 115 Å². The molecule has 0 aliphatic carbocycles. The summed E-state index contributed by atoms with van der Waals surface area (Å²) < 4.78 is 0. The molecule has 1 heterocycles. The number of piperidine rings is 1. The molecule has 3 nitrogen and oxygen atoms in total. The zero-order valence-electron chi connectivity index (χ0n) is 10.5. The van der Waals surface area contributed by atoms with Crippen LogP contribution in [0.1, 0.15) is 24.0 Å². The van der Waals surface area contributed by atoms with Crippen molar-refractivity contribution >= 4 is 12.4 Å². The van der Waals surface area contributed by atoms with E-state index in [9.17, 15) is 0 Å². The number of hydrogen-bond donors (Lipinski definition) is 2. The Morgan fingerprint density at radius 1 is 1.33 bits per heavy atom. The first kappa shape index (κ1) is 15.0. The summed E-state index contributed by atoms with van der Waals surface area (Å²) in [6.45, 7) is 4.28. The zero-order valence-corrected chi connectivity index (χ0v) is 11.3. The first-order valence-corrected chi connectivity index (χ1v) is 6.29. The second-order valence-corrected chi connectivity index (χ2v) is 4.65. The molecule has 2 N–H and O–H groups in total. The van der Waals surface area contributed by atoms with Crippen LogP contribution in [-0.4, -0.2) is 19.6 Å². The van der Waals surface area contributed by atoms with E-state index in [4.69, 9.17) is 5.26 Å². The van der Waals surface area contributed by atoms with Gasteiger partial charge in [0.05, 0.1) is 11.6 Å². The molecule has 0 spiro atoms. The highest BCUT2D eigenvalue weighted by atomic mass is 35.5. The van der Waals surface area contributed by atoms with Gasteiger partial charge < -0.3 is 10.6 Å². The Morgan fingerprint density at radius 3 is 2.72 bits per heavy atom. The fraction of sp³-hybridized carbons (Fsp3) is 0.500. The van der Waals surface area contributed by atoms with E-state index >= 15 is 0 Å². The average molecular weight is 266 g/mol. The monoisotopic (exact) mass is 265 g/mol. The van der Waals surface area contributed by atoms with Crippen molar-refractivity contribution in [2.24, 2.45) is 5.92 Å². The maximum atomic E-state index is 8.70. The van der Waals surface area contributed by atoms with Gasteiger partial charge in [-0.1, -0.05) is 12.1 Å². The highest BCUT2D eigenvalue weighted by molar-refractivity contribution is 5.85. The van der Waals surface area contributed by atoms with Gasteiger partial charge in [0, 0.05) is 6.54 Å². The summed E-state index contributed by atoms with van der Waals surface area (Å²) in [5.41, 5.74) is 1.97. The topological polar surface area (TPSA) is 47.9 Å². The van der Waals surface area contributed by atoms with Gasteiger partial charge >= 0.3 is 0 Å². The predicted molar refractivity (Wildman–Crippen MR) is 75.7 cm³/mol. The van der Waals surface area contributed by atoms with Crippen LogP contribution in [0.5, 0.6) is 0 Å². The first-order chi connectivity index (χ1) is 8.38. The van der Waals surface area contributed by atoms with Gasteiger partial charge in [-0.25, -0.2) is 0 Å². The molecule has 4 heteroatoms. The number of benzene rings is 1. The largest absolute Gasteiger partial charge is 0.316 e. The molecule has 1 aliphatic heterocycles. The van der Waals surface area contributed by atoms with Crippen LogP contribution in [0.2, 0.25) is 0 Å². The Morgan fingerprint density at radius 2 is 2.11 bits per heavy atom. The van der Waals surface area contributed by atoms with E-state index in [2.05, 4.69) is 16.7 Å². The van der Waals surface area contributed by atoms with Crippen LogP contribution in [0.3, 0.4) is 0 Å². The third-order valence-corrected chi connectivity index (χ3v) is 3.24. The fourth-order valence-corrected chi connectivity index (χ4v) is 2.22. The number of nitrogens with one attached hydrogen (secondary N) is 2. The molecule has 1 aromatic rings. The van der Waals surface area contributed by atoms with Crippen LogP contribution >= 0.6 is 12.4 Å². The van der Waals surface area contributed by atoms with E-state index < -0.39 is 0 Å². The number of nitriles is 1. The van der Waals surface area contributed by atoms with Gasteiger partial charge in [-0.2, -0.15) is 5.26 Å². The highest BCUT2D eigenvalue weighted by Gasteiger charge is 2.11. The van der Waals surface area contributed by atoms with Gasteiger partial charge in [0.15, 0.2) is 0 Å². The predicted octanol–water partition coefficient (Wildman–Crippen LogP) is 2.07. The van der Waals surface area contributed by atoms with Crippen LogP contribution in [0, 0.1) is 17.2 Å². The number of hydrogen-bond acceptors (Lipinski definition) is 3. The lowest BCUT2D eigenvalue weighted by Gasteiger charge is -2.22. The zero-order chi connectivity index (χ0) is 11.9. The van der Waals surface area contributed by atoms with Crippen molar-refractivity contribution in [1.29, 1.82) is 5.26 Å². The Balaban J connectivity index is 0.00000162. The lowest BCUT2D eigenvalue weighted by Crippen LogP contribution is -2.35. The molecule has 0 radical (unpaired) electrons. The Bertz CT molecular complexity index is 377. The number of halogens is 1. The summed E-state index contributed by atoms with van der Waals surface area (Å²) in [5, 5.41) is 15.6. The van der Waals surface area contributed by atoms with Gasteiger partial charge in [0.2, 0.25) is 0 Å². The van der Waals surface area contributed by atoms with Crippen LogP contribution < -0.4 is 10.6 Å². The molecule has 1 unspecified atom stereocenters. The van der Waals surface area contributed by atoms with Crippen molar-refractivity contribution in [3.8, 4) is 6.07 Å². The lowest BCUT2D eigenvalue weighted by molar-refractivity contribution is 0.360. The molecule has 2 rings (SSSR count). The van der Waals surface area contributed by atoms with Gasteiger partial charge in [0.25, 0.3) is 0 Å². The van der Waals surface area contributed by atoms with E-state index in [1.807, 2.05) is 24.3 Å². The SMILES string of the molecule is Cl.N#Cc1ccc(CNCC2CCCNC2)cc1. The summed E-state index contributed by atoms with van der Waals surface area (Å²) in [4.78, 5) is 0. The van der Waals surface area contributed by atoms with Crippen LogP contribution in [-0.2, 0) is 6.54 Å². The quantitative estimate of drug-likeness (QED) is 0.876. The van der Waals surface area contributed by atoms with Crippen molar-refractivity contribution in [2.75, 3.05) is 19.6 Å². The standard InChI is InChI=1S/C14H19N3.ClH/c15-8-12-3-5-13(6-4-12)9-17-11-14-2-1-7-16-10-14;/h3-6,14,16-17H,1-2,7,9-11H2;1H. The number of rotatable bonds is 4. The lowest BCUT2D eigenvalue weighted by atomic mass is 10.00. The molecule has 1 saturated heterocycles. The molecule has 98 valence electrons. The molecule has 18 heavy (non-hydrogen) atoms. The average Bonchev–Trinajstić information content (AvgIpc) is 2.41. The van der Waals surface area contributed by atoms with E-state index in [1.54, 1.807) is 0 Å². The van der Waals surface area contributed by atoms with Crippen molar-refractivity contribution in [3.63, 3.8) is 0 Å². The number of nitrogens with zero attached hydrogens (tertiary/aromatic N) is 1. The summed E-state index contributed by atoms with van der Waals surface area (Å²) in [6, 6.07) is 9.92. The van der Waals surface area contributed by atoms with Gasteiger partial charge in [-0.05, 0) is 56.1 Å². The smallest absolute Gasteiger partial charge is 0.0991 e. The van der Waals surface area contributed by atoms with Crippen molar-refractivity contribution in [1.82, 2.24) is 10.6 Å². The summed E-state index contributed by atoms with van der Waals surface area (Å²) in [6.07, 6.45) is 2.62. The van der Waals surface area contributed by atoms with Gasteiger partial charge in [0.1, 0.15) is 0 Å². The molecule has 0 bridgehead atoms. The van der Waals surface area contributed by atoms with Gasteiger partial charge in [-0.15, -0.1) is 12.4 Å². The van der Waals surface area contributed by atoms with Crippen molar-refractivity contribution in [3.05, 3.63) is 35.4 Å². The highest BCUT2D eigenvalue weighted by Crippen LogP contribution is 2.09. The van der Waals surface area contributed by atoms with Crippen molar-refractivity contribution in [2.45, 2.75) is 19.4 Å². The second kappa shape index (κ2) is 8.10. The molecule has 0 saturated carbocycles. The van der Waals surface area contributed by atoms with E-state index in [1.165, 1.54) is 24.9 Å². The molecule has 1 aromatic carbocycles. The van der Waals surface area contributed by atoms with E-state index in [-0.39, 0.29) is 12.4 Å². The molecule has 0 aromatic heterocycles. The molecule has 0 amide bonds. The second-order valence-electron chi connectivity index (χ2n) is 4.65. The third-order valence-electron chi connectivity index (χ3n) is 3.24. The summed E-state index contributed by atoms with van der Waals surface area (Å²) in [7, 11) is 0. The van der Waals surface area contributed by atoms with Crippen LogP contribution in [0.15, 0.2) is 24.3 Å². The van der Waals surface area contributed by atoms with Gasteiger partial charge in [-0.3, -0.25) is 0 Å². The fourth-order valence-electron chi connectivity index (χ4n) is 2.22. The minimum absolute atomic E-state index is 0. The van der Waals surface area contributed by atoms with Crippen LogP contribution in [0.25, 0.3) is 0 Å². The van der Waals surface area contributed by atoms with E-state index in [0.29, 0.717) is 0 Å². The summed E-state index contributed by atoms with van der Waals surface area (Å²) >= 11 is 0. The van der Waals surface area contributed by atoms with E-state index in [0.717, 1.165) is 31.1 Å². The minimum Gasteiger partial charge on any atom is -0.316 e. The Hall–Kier alpha value is -1.08. The van der Waals surface area contributed by atoms with Crippen molar-refractivity contribution < 1.29 is 0 Å². The van der Waals surface area contributed by atoms with Crippen LogP contribution in [0.4, 0.5) is 0 Å². The maximum Gasteiger partial charge on any atom is 0.0991 e. The first-order valence-electron chi connectivity index (χ1n) is 6.29. The summed E-state index contributed by atoms with van der Waals surface area (Å²) in [5.74, 6) is 0.766.